The van der Waals surface area contributed by atoms with Gasteiger partial charge in [0.2, 0.25) is 5.84 Å². The van der Waals surface area contributed by atoms with E-state index in [4.69, 9.17) is 9.47 Å². The van der Waals surface area contributed by atoms with Crippen molar-refractivity contribution in [2.45, 2.75) is 6.92 Å². The number of amides is 1. The van der Waals surface area contributed by atoms with Crippen molar-refractivity contribution >= 4 is 29.1 Å². The normalized spacial score (nSPS) is 13.3. The zero-order valence-corrected chi connectivity index (χ0v) is 13.9. The lowest BCUT2D eigenvalue weighted by atomic mass is 10.1. The summed E-state index contributed by atoms with van der Waals surface area (Å²) in [6.07, 6.45) is 0. The quantitative estimate of drug-likeness (QED) is 0.866. The van der Waals surface area contributed by atoms with Gasteiger partial charge in [-0.15, -0.1) is 0 Å². The molecule has 25 heavy (non-hydrogen) atoms. The Kier molecular flexibility index (Phi) is 4.65. The number of hydrogen-bond donors (Lipinski definition) is 1. The standard InChI is InChI=1S/C18H17N3O4/c1-3-25-18(23)16-19-15-7-5-4-6-14(15)17(22)21(20-16)12-8-10-13(24-2)11-9-12/h4-11H,3H2,1-2H3,(H,19,20). The van der Waals surface area contributed by atoms with Crippen LogP contribution < -0.4 is 15.2 Å². The van der Waals surface area contributed by atoms with Crippen LogP contribution in [0, 0.1) is 0 Å². The summed E-state index contributed by atoms with van der Waals surface area (Å²) in [6, 6.07) is 13.7. The number of fused-ring (bicyclic) bond motifs is 1. The Morgan fingerprint density at radius 3 is 2.56 bits per heavy atom. The van der Waals surface area contributed by atoms with Gasteiger partial charge >= 0.3 is 5.97 Å². The number of rotatable bonds is 4. The first kappa shape index (κ1) is 16.5. The van der Waals surface area contributed by atoms with E-state index in [1.807, 2.05) is 0 Å². The van der Waals surface area contributed by atoms with Gasteiger partial charge in [0.15, 0.2) is 0 Å². The molecule has 2 aromatic rings. The summed E-state index contributed by atoms with van der Waals surface area (Å²) in [5.41, 5.74) is 4.09. The van der Waals surface area contributed by atoms with E-state index >= 15 is 0 Å². The lowest BCUT2D eigenvalue weighted by molar-refractivity contribution is -0.135. The van der Waals surface area contributed by atoms with Crippen LogP contribution in [0.4, 0.5) is 11.4 Å². The molecule has 0 spiro atoms. The SMILES string of the molecule is CCOC(=O)C1=Nc2ccccc2C(=O)N(c2ccc(OC)cc2)N1. The third-order valence-corrected chi connectivity index (χ3v) is 3.59. The molecule has 0 radical (unpaired) electrons. The highest BCUT2D eigenvalue weighted by Gasteiger charge is 2.28. The molecular formula is C18H17N3O4. The van der Waals surface area contributed by atoms with Gasteiger partial charge in [-0.2, -0.15) is 0 Å². The van der Waals surface area contributed by atoms with Gasteiger partial charge in [0.05, 0.1) is 30.7 Å². The molecule has 0 unspecified atom stereocenters. The third-order valence-electron chi connectivity index (χ3n) is 3.59. The number of hydrazine groups is 1. The van der Waals surface area contributed by atoms with E-state index in [2.05, 4.69) is 10.4 Å². The van der Waals surface area contributed by atoms with Gasteiger partial charge in [0.1, 0.15) is 5.75 Å². The Morgan fingerprint density at radius 2 is 1.88 bits per heavy atom. The molecule has 1 aliphatic rings. The fraction of sp³-hybridized carbons (Fsp3) is 0.167. The molecule has 0 aliphatic carbocycles. The van der Waals surface area contributed by atoms with E-state index in [1.165, 1.54) is 5.01 Å². The molecule has 0 fully saturated rings. The van der Waals surface area contributed by atoms with E-state index in [0.29, 0.717) is 22.7 Å². The van der Waals surface area contributed by atoms with Gasteiger partial charge in [0, 0.05) is 0 Å². The van der Waals surface area contributed by atoms with Crippen molar-refractivity contribution in [2.24, 2.45) is 4.99 Å². The molecule has 0 saturated carbocycles. The molecule has 0 aromatic heterocycles. The minimum atomic E-state index is -0.634. The molecule has 2 aromatic carbocycles. The number of nitrogens with zero attached hydrogens (tertiary/aromatic N) is 2. The van der Waals surface area contributed by atoms with Crippen molar-refractivity contribution < 1.29 is 19.1 Å². The minimum Gasteiger partial charge on any atom is -0.497 e. The molecule has 7 heteroatoms. The van der Waals surface area contributed by atoms with Crippen LogP contribution in [0.5, 0.6) is 5.75 Å². The average molecular weight is 339 g/mol. The first-order valence-electron chi connectivity index (χ1n) is 7.74. The molecule has 1 amide bonds. The second-order valence-corrected chi connectivity index (χ2v) is 5.15. The molecule has 1 N–H and O–H groups in total. The van der Waals surface area contributed by atoms with Crippen LogP contribution >= 0.6 is 0 Å². The largest absolute Gasteiger partial charge is 0.497 e. The average Bonchev–Trinajstić information content (AvgIpc) is 2.79. The van der Waals surface area contributed by atoms with Crippen molar-refractivity contribution in [3.05, 3.63) is 54.1 Å². The van der Waals surface area contributed by atoms with Crippen molar-refractivity contribution in [3.8, 4) is 5.75 Å². The van der Waals surface area contributed by atoms with Crippen LogP contribution in [0.15, 0.2) is 53.5 Å². The van der Waals surface area contributed by atoms with Crippen LogP contribution in [-0.2, 0) is 9.53 Å². The number of ether oxygens (including phenoxy) is 2. The number of esters is 1. The molecule has 0 bridgehead atoms. The lowest BCUT2D eigenvalue weighted by Gasteiger charge is -2.22. The zero-order valence-electron chi connectivity index (χ0n) is 13.9. The van der Waals surface area contributed by atoms with Crippen molar-refractivity contribution in [2.75, 3.05) is 18.7 Å². The highest BCUT2D eigenvalue weighted by molar-refractivity contribution is 6.37. The van der Waals surface area contributed by atoms with E-state index in [-0.39, 0.29) is 18.3 Å². The van der Waals surface area contributed by atoms with Gasteiger partial charge in [-0.3, -0.25) is 10.2 Å². The molecule has 7 nitrogen and oxygen atoms in total. The third kappa shape index (κ3) is 3.30. The minimum absolute atomic E-state index is 0.0593. The highest BCUT2D eigenvalue weighted by Crippen LogP contribution is 2.26. The van der Waals surface area contributed by atoms with Crippen molar-refractivity contribution in [1.82, 2.24) is 5.43 Å². The number of para-hydroxylation sites is 1. The van der Waals surface area contributed by atoms with Gasteiger partial charge in [-0.25, -0.2) is 14.8 Å². The maximum Gasteiger partial charge on any atom is 0.375 e. The molecule has 0 atom stereocenters. The predicted octanol–water partition coefficient (Wildman–Crippen LogP) is 2.45. The van der Waals surface area contributed by atoms with E-state index in [1.54, 1.807) is 62.6 Å². The Morgan fingerprint density at radius 1 is 1.16 bits per heavy atom. The van der Waals surface area contributed by atoms with Crippen LogP contribution in [0.3, 0.4) is 0 Å². The molecule has 3 rings (SSSR count). The van der Waals surface area contributed by atoms with Crippen molar-refractivity contribution in [3.63, 3.8) is 0 Å². The maximum absolute atomic E-state index is 12.9. The Bertz CT molecular complexity index is 830. The van der Waals surface area contributed by atoms with E-state index < -0.39 is 5.97 Å². The predicted molar refractivity (Wildman–Crippen MR) is 93.1 cm³/mol. The second-order valence-electron chi connectivity index (χ2n) is 5.15. The number of aliphatic imine (C=N–C) groups is 1. The lowest BCUT2D eigenvalue weighted by Crippen LogP contribution is -2.48. The van der Waals surface area contributed by atoms with Gasteiger partial charge in [-0.05, 0) is 43.3 Å². The van der Waals surface area contributed by atoms with Crippen LogP contribution in [0.1, 0.15) is 17.3 Å². The number of benzene rings is 2. The first-order valence-corrected chi connectivity index (χ1v) is 7.74. The summed E-state index contributed by atoms with van der Waals surface area (Å²) in [7, 11) is 1.56. The highest BCUT2D eigenvalue weighted by atomic mass is 16.5. The molecule has 1 heterocycles. The fourth-order valence-electron chi connectivity index (χ4n) is 2.38. The molecule has 1 aliphatic heterocycles. The number of carbonyl (C=O) groups excluding carboxylic acids is 2. The second kappa shape index (κ2) is 7.04. The van der Waals surface area contributed by atoms with Gasteiger partial charge in [-0.1, -0.05) is 12.1 Å². The number of amidine groups is 1. The molecule has 0 saturated heterocycles. The summed E-state index contributed by atoms with van der Waals surface area (Å²) in [5.74, 6) is -0.365. The Labute approximate surface area is 144 Å². The number of carbonyl (C=O) groups is 2. The zero-order chi connectivity index (χ0) is 17.8. The van der Waals surface area contributed by atoms with Gasteiger partial charge in [0.25, 0.3) is 5.91 Å². The van der Waals surface area contributed by atoms with Crippen LogP contribution in [-0.4, -0.2) is 31.4 Å². The monoisotopic (exact) mass is 339 g/mol. The Balaban J connectivity index is 2.05. The molecule has 128 valence electrons. The van der Waals surface area contributed by atoms with E-state index in [0.717, 1.165) is 0 Å². The number of hydrogen-bond acceptors (Lipinski definition) is 6. The summed E-state index contributed by atoms with van der Waals surface area (Å²) in [4.78, 5) is 29.4. The van der Waals surface area contributed by atoms with Gasteiger partial charge < -0.3 is 9.47 Å². The topological polar surface area (TPSA) is 80.2 Å². The van der Waals surface area contributed by atoms with E-state index in [9.17, 15) is 9.59 Å². The number of anilines is 1. The smallest absolute Gasteiger partial charge is 0.375 e. The number of nitrogens with one attached hydrogen (secondary N) is 1. The first-order chi connectivity index (χ1) is 12.1. The summed E-state index contributed by atoms with van der Waals surface area (Å²) >= 11 is 0. The Hall–Kier alpha value is -3.35. The van der Waals surface area contributed by atoms with Crippen LogP contribution in [0.2, 0.25) is 0 Å². The molecular weight excluding hydrogens is 322 g/mol. The summed E-state index contributed by atoms with van der Waals surface area (Å²) in [6.45, 7) is 1.91. The summed E-state index contributed by atoms with van der Waals surface area (Å²) < 4.78 is 10.2. The summed E-state index contributed by atoms with van der Waals surface area (Å²) in [5, 5.41) is 1.26. The fourth-order valence-corrected chi connectivity index (χ4v) is 2.38. The van der Waals surface area contributed by atoms with Crippen LogP contribution in [0.25, 0.3) is 0 Å². The number of methoxy groups -OCH3 is 1. The van der Waals surface area contributed by atoms with Crippen molar-refractivity contribution in [1.29, 1.82) is 0 Å². The maximum atomic E-state index is 12.9.